The number of nitrogens with zero attached hydrogens (tertiary/aromatic N) is 3. The van der Waals surface area contributed by atoms with Gasteiger partial charge in [-0.3, -0.25) is 9.78 Å². The number of aliphatic hydroxyl groups excluding tert-OH is 1. The molecule has 2 aromatic heterocycles. The average molecular weight is 454 g/mol. The Labute approximate surface area is 199 Å². The quantitative estimate of drug-likeness (QED) is 0.431. The minimum atomic E-state index is -0.661. The van der Waals surface area contributed by atoms with Crippen LogP contribution in [0.5, 0.6) is 0 Å². The smallest absolute Gasteiger partial charge is 0.254 e. The second-order valence-corrected chi connectivity index (χ2v) is 9.19. The molecule has 4 rings (SSSR count). The summed E-state index contributed by atoms with van der Waals surface area (Å²) < 4.78 is 6.27. The number of pyridine rings is 1. The second kappa shape index (κ2) is 8.77. The van der Waals surface area contributed by atoms with Crippen molar-refractivity contribution < 1.29 is 14.3 Å². The van der Waals surface area contributed by atoms with E-state index in [4.69, 9.17) is 4.42 Å². The number of carbonyl (C=O) groups excluding carboxylic acids is 1. The Morgan fingerprint density at radius 1 is 1.09 bits per heavy atom. The molecule has 6 nitrogen and oxygen atoms in total. The van der Waals surface area contributed by atoms with Crippen molar-refractivity contribution in [2.45, 2.75) is 33.2 Å². The van der Waals surface area contributed by atoms with Gasteiger partial charge in [0.25, 0.3) is 5.91 Å². The Morgan fingerprint density at radius 3 is 2.53 bits per heavy atom. The first-order valence-electron chi connectivity index (χ1n) is 11.1. The van der Waals surface area contributed by atoms with Crippen LogP contribution in [0.4, 0.5) is 0 Å². The van der Waals surface area contributed by atoms with E-state index in [0.29, 0.717) is 22.5 Å². The van der Waals surface area contributed by atoms with Crippen molar-refractivity contribution in [2.75, 3.05) is 13.7 Å². The number of nitriles is 1. The molecule has 172 valence electrons. The number of furan rings is 1. The van der Waals surface area contributed by atoms with Gasteiger partial charge in [-0.2, -0.15) is 5.26 Å². The van der Waals surface area contributed by atoms with Gasteiger partial charge in [0.1, 0.15) is 11.3 Å². The highest BCUT2D eigenvalue weighted by molar-refractivity contribution is 5.96. The fourth-order valence-corrected chi connectivity index (χ4v) is 3.86. The highest BCUT2D eigenvalue weighted by Crippen LogP contribution is 2.35. The molecule has 2 heterocycles. The number of fused-ring (bicyclic) bond motifs is 1. The van der Waals surface area contributed by atoms with Crippen molar-refractivity contribution >= 4 is 17.0 Å². The summed E-state index contributed by atoms with van der Waals surface area (Å²) in [5, 5.41) is 19.0. The van der Waals surface area contributed by atoms with Gasteiger partial charge in [0.2, 0.25) is 0 Å². The minimum Gasteiger partial charge on any atom is -0.454 e. The van der Waals surface area contributed by atoms with E-state index in [1.165, 1.54) is 0 Å². The number of aryl methyl sites for hydroxylation is 2. The molecule has 0 radical (unpaired) electrons. The second-order valence-electron chi connectivity index (χ2n) is 9.19. The number of hydrogen-bond donors (Lipinski definition) is 1. The SMILES string of the molecule is Cc1ccc(-c2ccnc3cc(-c4ccc(C(=O)N(C)C(C)(C)CO)cc4C)oc23)cc1C#N. The monoisotopic (exact) mass is 453 g/mol. The van der Waals surface area contributed by atoms with Crippen molar-refractivity contribution in [1.29, 1.82) is 5.26 Å². The lowest BCUT2D eigenvalue weighted by Crippen LogP contribution is -2.47. The lowest BCUT2D eigenvalue weighted by molar-refractivity contribution is 0.0473. The number of aromatic nitrogens is 1. The molecule has 0 aliphatic rings. The van der Waals surface area contributed by atoms with Gasteiger partial charge in [0.15, 0.2) is 5.58 Å². The van der Waals surface area contributed by atoms with Crippen LogP contribution >= 0.6 is 0 Å². The van der Waals surface area contributed by atoms with Crippen LogP contribution in [-0.4, -0.2) is 40.1 Å². The number of likely N-dealkylation sites (N-methyl/N-ethyl adjacent to an activating group) is 1. The Hall–Kier alpha value is -3.95. The zero-order valence-corrected chi connectivity index (χ0v) is 20.0. The lowest BCUT2D eigenvalue weighted by Gasteiger charge is -2.34. The molecule has 0 atom stereocenters. The molecule has 0 saturated carbocycles. The van der Waals surface area contributed by atoms with Gasteiger partial charge in [-0.15, -0.1) is 0 Å². The third-order valence-electron chi connectivity index (χ3n) is 6.42. The topological polar surface area (TPSA) is 90.4 Å². The van der Waals surface area contributed by atoms with Gasteiger partial charge >= 0.3 is 0 Å². The van der Waals surface area contributed by atoms with Gasteiger partial charge in [0.05, 0.1) is 23.8 Å². The van der Waals surface area contributed by atoms with Crippen LogP contribution in [0.2, 0.25) is 0 Å². The summed E-state index contributed by atoms with van der Waals surface area (Å²) in [5.41, 5.74) is 6.32. The Morgan fingerprint density at radius 2 is 1.85 bits per heavy atom. The van der Waals surface area contributed by atoms with Crippen molar-refractivity contribution in [3.63, 3.8) is 0 Å². The summed E-state index contributed by atoms with van der Waals surface area (Å²) in [5.74, 6) is 0.498. The first-order chi connectivity index (χ1) is 16.2. The van der Waals surface area contributed by atoms with Crippen LogP contribution in [0.25, 0.3) is 33.6 Å². The molecule has 0 bridgehead atoms. The van der Waals surface area contributed by atoms with Gasteiger partial charge in [-0.05, 0) is 68.7 Å². The maximum atomic E-state index is 12.9. The van der Waals surface area contributed by atoms with Crippen molar-refractivity contribution in [1.82, 2.24) is 9.88 Å². The molecule has 2 aromatic carbocycles. The molecular weight excluding hydrogens is 426 g/mol. The Balaban J connectivity index is 1.74. The number of rotatable bonds is 5. The van der Waals surface area contributed by atoms with Gasteiger partial charge in [-0.25, -0.2) is 0 Å². The van der Waals surface area contributed by atoms with Gasteiger partial charge in [-0.1, -0.05) is 18.2 Å². The Bertz CT molecular complexity index is 1440. The molecule has 34 heavy (non-hydrogen) atoms. The van der Waals surface area contributed by atoms with E-state index < -0.39 is 5.54 Å². The van der Waals surface area contributed by atoms with Gasteiger partial charge in [0, 0.05) is 36.0 Å². The summed E-state index contributed by atoms with van der Waals surface area (Å²) in [6, 6.07) is 17.3. The van der Waals surface area contributed by atoms with Crippen molar-refractivity contribution in [3.05, 3.63) is 77.0 Å². The summed E-state index contributed by atoms with van der Waals surface area (Å²) in [6.07, 6.45) is 1.73. The van der Waals surface area contributed by atoms with E-state index in [1.807, 2.05) is 70.2 Å². The average Bonchev–Trinajstić information content (AvgIpc) is 3.27. The summed E-state index contributed by atoms with van der Waals surface area (Å²) >= 11 is 0. The van der Waals surface area contributed by atoms with Crippen molar-refractivity contribution in [2.24, 2.45) is 0 Å². The number of aliphatic hydroxyl groups is 1. The maximum absolute atomic E-state index is 12.9. The third-order valence-corrected chi connectivity index (χ3v) is 6.42. The molecule has 0 unspecified atom stereocenters. The van der Waals surface area contributed by atoms with E-state index >= 15 is 0 Å². The fourth-order valence-electron chi connectivity index (χ4n) is 3.86. The summed E-state index contributed by atoms with van der Waals surface area (Å²) in [4.78, 5) is 18.9. The van der Waals surface area contributed by atoms with E-state index in [1.54, 1.807) is 24.2 Å². The number of benzene rings is 2. The molecule has 0 aliphatic heterocycles. The first-order valence-corrected chi connectivity index (χ1v) is 11.1. The summed E-state index contributed by atoms with van der Waals surface area (Å²) in [7, 11) is 1.69. The van der Waals surface area contributed by atoms with E-state index in [0.717, 1.165) is 33.3 Å². The molecule has 6 heteroatoms. The predicted octanol–water partition coefficient (Wildman–Crippen LogP) is 5.49. The lowest BCUT2D eigenvalue weighted by atomic mass is 10.00. The zero-order valence-electron chi connectivity index (χ0n) is 20.0. The predicted molar refractivity (Wildman–Crippen MR) is 132 cm³/mol. The van der Waals surface area contributed by atoms with E-state index in [9.17, 15) is 15.2 Å². The van der Waals surface area contributed by atoms with Crippen LogP contribution in [-0.2, 0) is 0 Å². The molecule has 0 aliphatic carbocycles. The first kappa shape index (κ1) is 23.2. The Kier molecular flexibility index (Phi) is 5.99. The van der Waals surface area contributed by atoms with E-state index in [2.05, 4.69) is 11.1 Å². The number of carbonyl (C=O) groups is 1. The zero-order chi connectivity index (χ0) is 24.6. The van der Waals surface area contributed by atoms with Crippen LogP contribution in [0.3, 0.4) is 0 Å². The van der Waals surface area contributed by atoms with Crippen LogP contribution < -0.4 is 0 Å². The third kappa shape index (κ3) is 4.07. The molecule has 0 spiro atoms. The molecule has 1 amide bonds. The fraction of sp³-hybridized carbons (Fsp3) is 0.250. The van der Waals surface area contributed by atoms with Crippen molar-refractivity contribution in [3.8, 4) is 28.5 Å². The molecule has 0 fully saturated rings. The van der Waals surface area contributed by atoms with Crippen LogP contribution in [0, 0.1) is 25.2 Å². The minimum absolute atomic E-state index is 0.128. The molecule has 4 aromatic rings. The summed E-state index contributed by atoms with van der Waals surface area (Å²) in [6.45, 7) is 7.36. The highest BCUT2D eigenvalue weighted by Gasteiger charge is 2.28. The molecule has 1 N–H and O–H groups in total. The largest absolute Gasteiger partial charge is 0.454 e. The highest BCUT2D eigenvalue weighted by atomic mass is 16.3. The molecular formula is C28H27N3O3. The van der Waals surface area contributed by atoms with Gasteiger partial charge < -0.3 is 14.4 Å². The van der Waals surface area contributed by atoms with E-state index in [-0.39, 0.29) is 12.5 Å². The van der Waals surface area contributed by atoms with Crippen LogP contribution in [0.1, 0.15) is 40.9 Å². The standard InChI is InChI=1S/C28H27N3O3/c1-17-6-7-19(13-21(17)15-29)23-10-11-30-24-14-25(34-26(23)24)22-9-8-20(12-18(22)2)27(33)31(5)28(3,4)16-32/h6-14,32H,16H2,1-5H3. The maximum Gasteiger partial charge on any atom is 0.254 e. The number of amides is 1. The van der Waals surface area contributed by atoms with Crippen LogP contribution in [0.15, 0.2) is 59.1 Å². The molecule has 0 saturated heterocycles. The normalized spacial score (nSPS) is 11.4. The number of hydrogen-bond acceptors (Lipinski definition) is 5.